The first-order valence-electron chi connectivity index (χ1n) is 6.28. The number of ketones is 1. The lowest BCUT2D eigenvalue weighted by Gasteiger charge is -2.04. The fourth-order valence-corrected chi connectivity index (χ4v) is 1.71. The predicted molar refractivity (Wildman–Crippen MR) is 64.6 cm³/mol. The van der Waals surface area contributed by atoms with Gasteiger partial charge < -0.3 is 4.79 Å². The van der Waals surface area contributed by atoms with Gasteiger partial charge >= 0.3 is 0 Å². The van der Waals surface area contributed by atoms with Gasteiger partial charge in [0.2, 0.25) is 0 Å². The zero-order chi connectivity index (χ0) is 11.4. The molecule has 0 aliphatic heterocycles. The van der Waals surface area contributed by atoms with Crippen molar-refractivity contribution in [3.05, 3.63) is 0 Å². The molecule has 0 aromatic carbocycles. The largest absolute Gasteiger partial charge is 0.300 e. The first kappa shape index (κ1) is 16.1. The molecule has 1 rings (SSSR count). The Labute approximate surface area is 90.3 Å². The van der Waals surface area contributed by atoms with E-state index in [1.165, 1.54) is 25.7 Å². The molecule has 0 amide bonds. The number of rotatable bonds is 3. The number of hydrogen-bond donors (Lipinski definition) is 0. The maximum Gasteiger partial charge on any atom is 0.129 e. The molecule has 0 unspecified atom stereocenters. The van der Waals surface area contributed by atoms with Crippen molar-refractivity contribution in [2.75, 3.05) is 0 Å². The van der Waals surface area contributed by atoms with E-state index in [0.717, 1.165) is 18.8 Å². The molecule has 0 aromatic heterocycles. The molecular weight excluding hydrogens is 172 g/mol. The number of carbonyl (C=O) groups is 1. The van der Waals surface area contributed by atoms with Gasteiger partial charge in [-0.2, -0.15) is 0 Å². The molecule has 0 saturated heterocycles. The zero-order valence-corrected chi connectivity index (χ0v) is 10.7. The lowest BCUT2D eigenvalue weighted by atomic mass is 10.0. The molecule has 0 heterocycles. The third-order valence-corrected chi connectivity index (χ3v) is 2.38. The highest BCUT2D eigenvalue weighted by molar-refractivity contribution is 5.75. The van der Waals surface area contributed by atoms with Crippen molar-refractivity contribution in [2.24, 2.45) is 5.92 Å². The van der Waals surface area contributed by atoms with Crippen molar-refractivity contribution in [1.29, 1.82) is 0 Å². The summed E-state index contributed by atoms with van der Waals surface area (Å²) in [4.78, 5) is 10.6. The van der Waals surface area contributed by atoms with Crippen LogP contribution in [0, 0.1) is 5.92 Å². The Hall–Kier alpha value is -0.330. The molecule has 1 heteroatoms. The number of Topliss-reactive ketones (excluding diaryl/α,β-unsaturated/α-hetero) is 1. The molecule has 0 bridgehead atoms. The molecule has 1 fully saturated rings. The van der Waals surface area contributed by atoms with Crippen LogP contribution in [0.2, 0.25) is 0 Å². The summed E-state index contributed by atoms with van der Waals surface area (Å²) in [6.45, 7) is 9.69. The maximum atomic E-state index is 10.6. The number of carbonyl (C=O) groups excluding carboxylic acids is 1. The summed E-state index contributed by atoms with van der Waals surface area (Å²) >= 11 is 0. The van der Waals surface area contributed by atoms with Crippen LogP contribution >= 0.6 is 0 Å². The molecule has 0 spiro atoms. The second-order valence-electron chi connectivity index (χ2n) is 3.39. The topological polar surface area (TPSA) is 17.1 Å². The van der Waals surface area contributed by atoms with E-state index in [4.69, 9.17) is 0 Å². The van der Waals surface area contributed by atoms with Gasteiger partial charge in [0.05, 0.1) is 0 Å². The van der Waals surface area contributed by atoms with Crippen LogP contribution in [0.1, 0.15) is 73.1 Å². The lowest BCUT2D eigenvalue weighted by molar-refractivity contribution is -0.117. The van der Waals surface area contributed by atoms with Crippen LogP contribution in [0.5, 0.6) is 0 Å². The van der Waals surface area contributed by atoms with Crippen molar-refractivity contribution in [1.82, 2.24) is 0 Å². The first-order valence-corrected chi connectivity index (χ1v) is 6.28. The van der Waals surface area contributed by atoms with Crippen LogP contribution in [0.25, 0.3) is 0 Å². The van der Waals surface area contributed by atoms with E-state index in [-0.39, 0.29) is 0 Å². The van der Waals surface area contributed by atoms with Crippen molar-refractivity contribution < 1.29 is 4.79 Å². The van der Waals surface area contributed by atoms with Gasteiger partial charge in [-0.05, 0) is 19.3 Å². The van der Waals surface area contributed by atoms with Gasteiger partial charge in [-0.15, -0.1) is 0 Å². The molecule has 1 saturated carbocycles. The Morgan fingerprint density at radius 2 is 1.50 bits per heavy atom. The molecule has 0 atom stereocenters. The molecule has 1 nitrogen and oxygen atoms in total. The van der Waals surface area contributed by atoms with Gasteiger partial charge in [0, 0.05) is 6.42 Å². The average Bonchev–Trinajstić information content (AvgIpc) is 2.73. The van der Waals surface area contributed by atoms with E-state index in [1.807, 2.05) is 27.7 Å². The summed E-state index contributed by atoms with van der Waals surface area (Å²) < 4.78 is 0. The Kier molecular flexibility index (Phi) is 14.6. The van der Waals surface area contributed by atoms with Crippen LogP contribution in [0.3, 0.4) is 0 Å². The fraction of sp³-hybridized carbons (Fsp3) is 0.923. The Balaban J connectivity index is 0. The minimum atomic E-state index is 0.354. The van der Waals surface area contributed by atoms with Crippen molar-refractivity contribution in [3.63, 3.8) is 0 Å². The van der Waals surface area contributed by atoms with E-state index >= 15 is 0 Å². The van der Waals surface area contributed by atoms with Crippen LogP contribution in [-0.4, -0.2) is 5.78 Å². The minimum Gasteiger partial charge on any atom is -0.300 e. The summed E-state index contributed by atoms with van der Waals surface area (Å²) in [6, 6.07) is 0. The summed E-state index contributed by atoms with van der Waals surface area (Å²) in [5.41, 5.74) is 0. The van der Waals surface area contributed by atoms with Gasteiger partial charge in [-0.3, -0.25) is 0 Å². The molecule has 86 valence electrons. The highest BCUT2D eigenvalue weighted by atomic mass is 16.1. The van der Waals surface area contributed by atoms with Crippen molar-refractivity contribution >= 4 is 5.78 Å². The predicted octanol–water partition coefficient (Wildman–Crippen LogP) is 4.60. The lowest BCUT2D eigenvalue weighted by Crippen LogP contribution is -1.97. The normalized spacial score (nSPS) is 14.9. The second kappa shape index (κ2) is 12.7. The van der Waals surface area contributed by atoms with Gasteiger partial charge in [0.25, 0.3) is 0 Å². The highest BCUT2D eigenvalue weighted by Gasteiger charge is 2.14. The average molecular weight is 200 g/mol. The Morgan fingerprint density at radius 3 is 1.86 bits per heavy atom. The van der Waals surface area contributed by atoms with E-state index in [2.05, 4.69) is 0 Å². The SMILES string of the molecule is CC.CC.CC(=O)CCC1CCCC1. The van der Waals surface area contributed by atoms with Crippen molar-refractivity contribution in [3.8, 4) is 0 Å². The van der Waals surface area contributed by atoms with E-state index in [9.17, 15) is 4.79 Å². The monoisotopic (exact) mass is 200 g/mol. The smallest absolute Gasteiger partial charge is 0.129 e. The van der Waals surface area contributed by atoms with Gasteiger partial charge in [-0.1, -0.05) is 53.4 Å². The van der Waals surface area contributed by atoms with Gasteiger partial charge in [0.1, 0.15) is 5.78 Å². The van der Waals surface area contributed by atoms with Crippen LogP contribution in [0.4, 0.5) is 0 Å². The standard InChI is InChI=1S/C9H16O.2C2H6/c1-8(10)6-7-9-4-2-3-5-9;2*1-2/h9H,2-7H2,1H3;2*1-2H3. The van der Waals surface area contributed by atoms with Gasteiger partial charge in [-0.25, -0.2) is 0 Å². The molecule has 0 aromatic rings. The van der Waals surface area contributed by atoms with E-state index < -0.39 is 0 Å². The molecular formula is C13H28O. The van der Waals surface area contributed by atoms with Gasteiger partial charge in [0.15, 0.2) is 0 Å². The molecule has 1 aliphatic rings. The van der Waals surface area contributed by atoms with E-state index in [0.29, 0.717) is 5.78 Å². The third-order valence-electron chi connectivity index (χ3n) is 2.38. The molecule has 0 radical (unpaired) electrons. The first-order chi connectivity index (χ1) is 6.79. The molecule has 1 aliphatic carbocycles. The van der Waals surface area contributed by atoms with E-state index in [1.54, 1.807) is 6.92 Å². The summed E-state index contributed by atoms with van der Waals surface area (Å²) in [5.74, 6) is 1.23. The minimum absolute atomic E-state index is 0.354. The molecule has 0 N–H and O–H groups in total. The number of hydrogen-bond acceptors (Lipinski definition) is 1. The maximum absolute atomic E-state index is 10.6. The quantitative estimate of drug-likeness (QED) is 0.651. The zero-order valence-electron chi connectivity index (χ0n) is 10.7. The van der Waals surface area contributed by atoms with Crippen LogP contribution in [-0.2, 0) is 4.79 Å². The summed E-state index contributed by atoms with van der Waals surface area (Å²) in [5, 5.41) is 0. The van der Waals surface area contributed by atoms with Crippen LogP contribution in [0.15, 0.2) is 0 Å². The summed E-state index contributed by atoms with van der Waals surface area (Å²) in [6.07, 6.45) is 7.48. The summed E-state index contributed by atoms with van der Waals surface area (Å²) in [7, 11) is 0. The second-order valence-corrected chi connectivity index (χ2v) is 3.39. The van der Waals surface area contributed by atoms with Crippen LogP contribution < -0.4 is 0 Å². The highest BCUT2D eigenvalue weighted by Crippen LogP contribution is 2.28. The Bertz CT molecular complexity index is 112. The molecule has 14 heavy (non-hydrogen) atoms. The third kappa shape index (κ3) is 9.76. The Morgan fingerprint density at radius 1 is 1.07 bits per heavy atom. The van der Waals surface area contributed by atoms with Crippen molar-refractivity contribution in [2.45, 2.75) is 73.1 Å². The fourth-order valence-electron chi connectivity index (χ4n) is 1.71.